The van der Waals surface area contributed by atoms with Gasteiger partial charge in [0.05, 0.1) is 13.0 Å². The molecule has 5 nitrogen and oxygen atoms in total. The summed E-state index contributed by atoms with van der Waals surface area (Å²) < 4.78 is 9.74. The van der Waals surface area contributed by atoms with Crippen molar-refractivity contribution in [2.24, 2.45) is 5.92 Å². The summed E-state index contributed by atoms with van der Waals surface area (Å²) in [6, 6.07) is 9.42. The van der Waals surface area contributed by atoms with Gasteiger partial charge in [0, 0.05) is 13.6 Å². The quantitative estimate of drug-likeness (QED) is 0.765. The van der Waals surface area contributed by atoms with Gasteiger partial charge in [-0.15, -0.1) is 0 Å². The van der Waals surface area contributed by atoms with Crippen LogP contribution in [0.25, 0.3) is 0 Å². The van der Waals surface area contributed by atoms with Crippen LogP contribution in [-0.2, 0) is 20.9 Å². The van der Waals surface area contributed by atoms with Crippen molar-refractivity contribution in [1.29, 1.82) is 0 Å². The van der Waals surface area contributed by atoms with Crippen LogP contribution in [-0.4, -0.2) is 37.7 Å². The molecular formula is C14H19NO4. The molecule has 1 amide bonds. The fourth-order valence-electron chi connectivity index (χ4n) is 1.59. The molecule has 0 saturated heterocycles. The zero-order valence-electron chi connectivity index (χ0n) is 11.5. The van der Waals surface area contributed by atoms with Gasteiger partial charge in [0.15, 0.2) is 0 Å². The third-order valence-electron chi connectivity index (χ3n) is 2.67. The SMILES string of the molecule is COC(=O)C(C)CN(C)C(=O)OCc1ccccc1. The number of methoxy groups -OCH3 is 1. The molecule has 1 rings (SSSR count). The van der Waals surface area contributed by atoms with Crippen LogP contribution in [0.5, 0.6) is 0 Å². The molecule has 0 radical (unpaired) electrons. The van der Waals surface area contributed by atoms with Crippen LogP contribution < -0.4 is 0 Å². The second-order valence-electron chi connectivity index (χ2n) is 4.34. The van der Waals surface area contributed by atoms with E-state index in [0.29, 0.717) is 0 Å². The van der Waals surface area contributed by atoms with E-state index in [-0.39, 0.29) is 25.0 Å². The Morgan fingerprint density at radius 3 is 2.47 bits per heavy atom. The van der Waals surface area contributed by atoms with Gasteiger partial charge in [0.25, 0.3) is 0 Å². The van der Waals surface area contributed by atoms with E-state index in [1.165, 1.54) is 12.0 Å². The van der Waals surface area contributed by atoms with Gasteiger partial charge in [-0.1, -0.05) is 37.3 Å². The number of ether oxygens (including phenoxy) is 2. The normalized spacial score (nSPS) is 11.5. The molecule has 0 aliphatic heterocycles. The van der Waals surface area contributed by atoms with Gasteiger partial charge in [-0.2, -0.15) is 0 Å². The average molecular weight is 265 g/mol. The van der Waals surface area contributed by atoms with E-state index in [1.54, 1.807) is 14.0 Å². The van der Waals surface area contributed by atoms with E-state index in [0.717, 1.165) is 5.56 Å². The van der Waals surface area contributed by atoms with Crippen LogP contribution in [0.2, 0.25) is 0 Å². The van der Waals surface area contributed by atoms with Gasteiger partial charge in [-0.25, -0.2) is 4.79 Å². The topological polar surface area (TPSA) is 55.8 Å². The van der Waals surface area contributed by atoms with Gasteiger partial charge < -0.3 is 14.4 Å². The van der Waals surface area contributed by atoms with Gasteiger partial charge >= 0.3 is 12.1 Å². The first-order valence-electron chi connectivity index (χ1n) is 6.04. The highest BCUT2D eigenvalue weighted by Crippen LogP contribution is 2.05. The lowest BCUT2D eigenvalue weighted by molar-refractivity contribution is -0.145. The lowest BCUT2D eigenvalue weighted by Gasteiger charge is -2.19. The highest BCUT2D eigenvalue weighted by atomic mass is 16.6. The Balaban J connectivity index is 2.39. The minimum atomic E-state index is -0.459. The van der Waals surface area contributed by atoms with Crippen molar-refractivity contribution in [1.82, 2.24) is 4.90 Å². The number of carbonyl (C=O) groups excluding carboxylic acids is 2. The number of rotatable bonds is 5. The zero-order valence-corrected chi connectivity index (χ0v) is 11.5. The Bertz CT molecular complexity index is 419. The van der Waals surface area contributed by atoms with Crippen LogP contribution in [0.4, 0.5) is 4.79 Å². The fraction of sp³-hybridized carbons (Fsp3) is 0.429. The lowest BCUT2D eigenvalue weighted by atomic mass is 10.2. The first-order chi connectivity index (χ1) is 9.04. The maximum Gasteiger partial charge on any atom is 0.409 e. The number of carbonyl (C=O) groups is 2. The first-order valence-corrected chi connectivity index (χ1v) is 6.04. The summed E-state index contributed by atoms with van der Waals surface area (Å²) >= 11 is 0. The Morgan fingerprint density at radius 2 is 1.89 bits per heavy atom. The van der Waals surface area contributed by atoms with E-state index in [2.05, 4.69) is 4.74 Å². The molecule has 1 aromatic rings. The minimum absolute atomic E-state index is 0.219. The van der Waals surface area contributed by atoms with Crippen molar-refractivity contribution in [2.45, 2.75) is 13.5 Å². The number of benzene rings is 1. The van der Waals surface area contributed by atoms with Crippen molar-refractivity contribution >= 4 is 12.1 Å². The molecule has 19 heavy (non-hydrogen) atoms. The monoisotopic (exact) mass is 265 g/mol. The Morgan fingerprint density at radius 1 is 1.26 bits per heavy atom. The molecule has 1 aromatic carbocycles. The van der Waals surface area contributed by atoms with Crippen molar-refractivity contribution < 1.29 is 19.1 Å². The lowest BCUT2D eigenvalue weighted by Crippen LogP contribution is -2.34. The van der Waals surface area contributed by atoms with Crippen LogP contribution in [0.1, 0.15) is 12.5 Å². The molecule has 1 atom stereocenters. The molecule has 5 heteroatoms. The summed E-state index contributed by atoms with van der Waals surface area (Å²) in [7, 11) is 2.92. The fourth-order valence-corrected chi connectivity index (χ4v) is 1.59. The highest BCUT2D eigenvalue weighted by Gasteiger charge is 2.19. The number of nitrogens with zero attached hydrogens (tertiary/aromatic N) is 1. The van der Waals surface area contributed by atoms with Crippen LogP contribution >= 0.6 is 0 Å². The predicted octanol–water partition coefficient (Wildman–Crippen LogP) is 2.06. The van der Waals surface area contributed by atoms with Crippen molar-refractivity contribution in [3.63, 3.8) is 0 Å². The molecule has 0 saturated carbocycles. The van der Waals surface area contributed by atoms with E-state index in [4.69, 9.17) is 4.74 Å². The van der Waals surface area contributed by atoms with Crippen LogP contribution in [0.15, 0.2) is 30.3 Å². The Labute approximate surface area is 113 Å². The number of hydrogen-bond acceptors (Lipinski definition) is 4. The predicted molar refractivity (Wildman–Crippen MR) is 70.4 cm³/mol. The van der Waals surface area contributed by atoms with E-state index in [9.17, 15) is 9.59 Å². The third kappa shape index (κ3) is 4.99. The molecule has 0 heterocycles. The average Bonchev–Trinajstić information content (AvgIpc) is 2.44. The van der Waals surface area contributed by atoms with Gasteiger partial charge in [-0.05, 0) is 5.56 Å². The molecule has 0 N–H and O–H groups in total. The zero-order chi connectivity index (χ0) is 14.3. The van der Waals surface area contributed by atoms with Crippen LogP contribution in [0.3, 0.4) is 0 Å². The molecule has 0 spiro atoms. The third-order valence-corrected chi connectivity index (χ3v) is 2.67. The van der Waals surface area contributed by atoms with Gasteiger partial charge in [0.2, 0.25) is 0 Å². The summed E-state index contributed by atoms with van der Waals surface area (Å²) in [6.07, 6.45) is -0.459. The van der Waals surface area contributed by atoms with Crippen molar-refractivity contribution in [3.8, 4) is 0 Å². The van der Waals surface area contributed by atoms with E-state index >= 15 is 0 Å². The molecule has 0 aliphatic rings. The number of amides is 1. The highest BCUT2D eigenvalue weighted by molar-refractivity contribution is 5.73. The number of esters is 1. The summed E-state index contributed by atoms with van der Waals surface area (Å²) in [5, 5.41) is 0. The summed E-state index contributed by atoms with van der Waals surface area (Å²) in [6.45, 7) is 2.18. The molecule has 104 valence electrons. The Hall–Kier alpha value is -2.04. The second kappa shape index (κ2) is 7.41. The van der Waals surface area contributed by atoms with E-state index < -0.39 is 6.09 Å². The summed E-state index contributed by atoms with van der Waals surface area (Å²) in [5.74, 6) is -0.720. The largest absolute Gasteiger partial charge is 0.469 e. The van der Waals surface area contributed by atoms with Crippen molar-refractivity contribution in [2.75, 3.05) is 20.7 Å². The molecule has 0 aliphatic carbocycles. The maximum atomic E-state index is 11.7. The molecule has 0 aromatic heterocycles. The maximum absolute atomic E-state index is 11.7. The molecule has 0 bridgehead atoms. The molecular weight excluding hydrogens is 246 g/mol. The summed E-state index contributed by atoms with van der Waals surface area (Å²) in [4.78, 5) is 24.3. The van der Waals surface area contributed by atoms with Crippen LogP contribution in [0, 0.1) is 5.92 Å². The van der Waals surface area contributed by atoms with Gasteiger partial charge in [-0.3, -0.25) is 4.79 Å². The first kappa shape index (κ1) is 15.0. The molecule has 1 unspecified atom stereocenters. The smallest absolute Gasteiger partial charge is 0.409 e. The van der Waals surface area contributed by atoms with Gasteiger partial charge in [0.1, 0.15) is 6.61 Å². The second-order valence-corrected chi connectivity index (χ2v) is 4.34. The summed E-state index contributed by atoms with van der Waals surface area (Å²) in [5.41, 5.74) is 0.922. The molecule has 0 fully saturated rings. The number of hydrogen-bond donors (Lipinski definition) is 0. The van der Waals surface area contributed by atoms with Crippen molar-refractivity contribution in [3.05, 3.63) is 35.9 Å². The standard InChI is InChI=1S/C14H19NO4/c1-11(13(16)18-3)9-15(2)14(17)19-10-12-7-5-4-6-8-12/h4-8,11H,9-10H2,1-3H3. The van der Waals surface area contributed by atoms with E-state index in [1.807, 2.05) is 30.3 Å². The minimum Gasteiger partial charge on any atom is -0.469 e. The Kier molecular flexibility index (Phi) is 5.85.